The second kappa shape index (κ2) is 7.53. The van der Waals surface area contributed by atoms with Crippen LogP contribution in [0.3, 0.4) is 0 Å². The molecule has 0 N–H and O–H groups in total. The molecule has 3 saturated carbocycles. The van der Waals surface area contributed by atoms with Crippen LogP contribution in [0.25, 0.3) is 0 Å². The molecule has 4 rings (SSSR count). The van der Waals surface area contributed by atoms with Crippen molar-refractivity contribution in [1.29, 1.82) is 0 Å². The van der Waals surface area contributed by atoms with Crippen LogP contribution in [0.2, 0.25) is 0 Å². The van der Waals surface area contributed by atoms with Gasteiger partial charge in [-0.25, -0.2) is 0 Å². The van der Waals surface area contributed by atoms with Crippen LogP contribution in [0.1, 0.15) is 105 Å². The maximum absolute atomic E-state index is 2.74. The molecule has 0 unspecified atom stereocenters. The van der Waals surface area contributed by atoms with E-state index in [1.807, 2.05) is 0 Å². The monoisotopic (exact) mass is 370 g/mol. The smallest absolute Gasteiger partial charge is 0.0177 e. The van der Waals surface area contributed by atoms with Gasteiger partial charge in [0, 0.05) is 0 Å². The van der Waals surface area contributed by atoms with Crippen LogP contribution in [0.5, 0.6) is 0 Å². The van der Waals surface area contributed by atoms with Gasteiger partial charge in [0.2, 0.25) is 0 Å². The normalized spacial score (nSPS) is 47.4. The molecule has 0 nitrogen and oxygen atoms in total. The predicted molar refractivity (Wildman–Crippen MR) is 118 cm³/mol. The zero-order valence-electron chi connectivity index (χ0n) is 19.0. The van der Waals surface area contributed by atoms with E-state index >= 15 is 0 Å². The van der Waals surface area contributed by atoms with Gasteiger partial charge in [0.15, 0.2) is 0 Å². The number of hydrogen-bond acceptors (Lipinski definition) is 0. The molecule has 4 aliphatic carbocycles. The van der Waals surface area contributed by atoms with Gasteiger partial charge >= 0.3 is 0 Å². The van der Waals surface area contributed by atoms with Gasteiger partial charge in [-0.3, -0.25) is 0 Å². The lowest BCUT2D eigenvalue weighted by Gasteiger charge is -2.60. The van der Waals surface area contributed by atoms with Crippen molar-refractivity contribution in [3.05, 3.63) is 12.2 Å². The topological polar surface area (TPSA) is 0 Å². The molecular formula is C27H46. The first-order valence-corrected chi connectivity index (χ1v) is 12.5. The van der Waals surface area contributed by atoms with Crippen molar-refractivity contribution in [3.63, 3.8) is 0 Å². The molecule has 3 fully saturated rings. The Hall–Kier alpha value is -0.260. The number of allylic oxidation sites excluding steroid dienone is 2. The predicted octanol–water partition coefficient (Wildman–Crippen LogP) is 8.27. The van der Waals surface area contributed by atoms with Crippen LogP contribution >= 0.6 is 0 Å². The molecule has 0 heterocycles. The van der Waals surface area contributed by atoms with E-state index in [9.17, 15) is 0 Å². The Bertz CT molecular complexity index is 544. The first-order chi connectivity index (χ1) is 12.9. The van der Waals surface area contributed by atoms with Gasteiger partial charge in [0.05, 0.1) is 0 Å². The summed E-state index contributed by atoms with van der Waals surface area (Å²) in [5.74, 6) is 6.83. The summed E-state index contributed by atoms with van der Waals surface area (Å²) in [5, 5.41) is 0. The number of rotatable bonds is 5. The van der Waals surface area contributed by atoms with Crippen LogP contribution in [0.4, 0.5) is 0 Å². The van der Waals surface area contributed by atoms with Crippen molar-refractivity contribution >= 4 is 0 Å². The van der Waals surface area contributed by atoms with Gasteiger partial charge in [-0.15, -0.1) is 0 Å². The molecule has 0 aliphatic heterocycles. The van der Waals surface area contributed by atoms with E-state index in [-0.39, 0.29) is 0 Å². The van der Waals surface area contributed by atoms with Crippen LogP contribution in [0.15, 0.2) is 12.2 Å². The van der Waals surface area contributed by atoms with Crippen LogP contribution in [0, 0.1) is 52.3 Å². The van der Waals surface area contributed by atoms with Crippen molar-refractivity contribution in [2.75, 3.05) is 0 Å². The number of hydrogen-bond donors (Lipinski definition) is 0. The fraction of sp³-hybridized carbons (Fsp3) is 0.926. The minimum absolute atomic E-state index is 0.625. The average Bonchev–Trinajstić information content (AvgIpc) is 2.98. The molecule has 0 saturated heterocycles. The van der Waals surface area contributed by atoms with E-state index in [4.69, 9.17) is 0 Å². The standard InChI is InChI=1S/C27H46/c1-19(2)9-8-10-20(3)23-14-15-24-22-13-12-21-11-6-7-17-26(21,4)25(22)16-18-27(23,24)5/h6,11,19-25H,7-10,12-18H2,1-5H3/t20-,21-,22+,23+,24-,25+,26+,27-/m1/s1. The van der Waals surface area contributed by atoms with E-state index in [1.54, 1.807) is 6.42 Å². The third kappa shape index (κ3) is 3.36. The third-order valence-corrected chi connectivity index (χ3v) is 10.4. The SMILES string of the molecule is CC(C)CCC[C@@H](C)[C@@H]1CC[C@@H]2[C@@H]3CC[C@H]4C=CCC[C@]4(C)[C@H]3CC[C@@]21C. The van der Waals surface area contributed by atoms with Crippen LogP contribution in [-0.2, 0) is 0 Å². The highest BCUT2D eigenvalue weighted by molar-refractivity contribution is 5.13. The third-order valence-electron chi connectivity index (χ3n) is 10.4. The van der Waals surface area contributed by atoms with Crippen molar-refractivity contribution in [1.82, 2.24) is 0 Å². The highest BCUT2D eigenvalue weighted by Gasteiger charge is 2.59. The Balaban J connectivity index is 1.47. The summed E-state index contributed by atoms with van der Waals surface area (Å²) >= 11 is 0. The Labute approximate surface area is 170 Å². The molecule has 4 aliphatic rings. The molecule has 0 heteroatoms. The van der Waals surface area contributed by atoms with Crippen LogP contribution in [-0.4, -0.2) is 0 Å². The molecule has 0 aromatic carbocycles. The lowest BCUT2D eigenvalue weighted by atomic mass is 9.45. The molecule has 0 radical (unpaired) electrons. The molecule has 0 aromatic rings. The largest absolute Gasteiger partial charge is 0.0882 e. The number of fused-ring (bicyclic) bond motifs is 5. The van der Waals surface area contributed by atoms with E-state index in [1.165, 1.54) is 64.2 Å². The summed E-state index contributed by atoms with van der Waals surface area (Å²) in [6, 6.07) is 0. The summed E-state index contributed by atoms with van der Waals surface area (Å²) in [5.41, 5.74) is 1.28. The zero-order valence-corrected chi connectivity index (χ0v) is 19.0. The Morgan fingerprint density at radius 1 is 0.852 bits per heavy atom. The lowest BCUT2D eigenvalue weighted by Crippen LogP contribution is -2.52. The van der Waals surface area contributed by atoms with Gasteiger partial charge < -0.3 is 0 Å². The summed E-state index contributed by atoms with van der Waals surface area (Å²) in [7, 11) is 0. The van der Waals surface area contributed by atoms with Crippen molar-refractivity contribution in [2.24, 2.45) is 52.3 Å². The maximum Gasteiger partial charge on any atom is -0.0177 e. The minimum atomic E-state index is 0.625. The van der Waals surface area contributed by atoms with Gasteiger partial charge in [0.25, 0.3) is 0 Å². The zero-order chi connectivity index (χ0) is 19.2. The van der Waals surface area contributed by atoms with E-state index in [0.29, 0.717) is 10.8 Å². The quantitative estimate of drug-likeness (QED) is 0.427. The highest BCUT2D eigenvalue weighted by Crippen LogP contribution is 2.67. The molecule has 8 atom stereocenters. The van der Waals surface area contributed by atoms with Crippen molar-refractivity contribution in [3.8, 4) is 0 Å². The molecule has 0 aromatic heterocycles. The maximum atomic E-state index is 2.74. The first kappa shape index (κ1) is 20.0. The first-order valence-electron chi connectivity index (χ1n) is 12.5. The van der Waals surface area contributed by atoms with Crippen molar-refractivity contribution in [2.45, 2.75) is 105 Å². The Morgan fingerprint density at radius 2 is 1.63 bits per heavy atom. The average molecular weight is 371 g/mol. The molecule has 0 amide bonds. The van der Waals surface area contributed by atoms with Gasteiger partial charge in [-0.05, 0) is 104 Å². The Morgan fingerprint density at radius 3 is 2.41 bits per heavy atom. The molecule has 154 valence electrons. The van der Waals surface area contributed by atoms with E-state index in [2.05, 4.69) is 46.8 Å². The van der Waals surface area contributed by atoms with E-state index < -0.39 is 0 Å². The van der Waals surface area contributed by atoms with E-state index in [0.717, 1.165) is 41.4 Å². The fourth-order valence-electron chi connectivity index (χ4n) is 8.85. The Kier molecular flexibility index (Phi) is 5.59. The fourth-order valence-corrected chi connectivity index (χ4v) is 8.85. The lowest BCUT2D eigenvalue weighted by molar-refractivity contribution is -0.0955. The van der Waals surface area contributed by atoms with Crippen LogP contribution < -0.4 is 0 Å². The van der Waals surface area contributed by atoms with Gasteiger partial charge in [-0.1, -0.05) is 66.0 Å². The van der Waals surface area contributed by atoms with Gasteiger partial charge in [-0.2, -0.15) is 0 Å². The summed E-state index contributed by atoms with van der Waals surface area (Å²) < 4.78 is 0. The summed E-state index contributed by atoms with van der Waals surface area (Å²) in [6.45, 7) is 12.8. The molecular weight excluding hydrogens is 324 g/mol. The summed E-state index contributed by atoms with van der Waals surface area (Å²) in [4.78, 5) is 0. The minimum Gasteiger partial charge on any atom is -0.0882 e. The second-order valence-electron chi connectivity index (χ2n) is 12.1. The highest BCUT2D eigenvalue weighted by atomic mass is 14.6. The summed E-state index contributed by atoms with van der Waals surface area (Å²) in [6.07, 6.45) is 21.4. The molecule has 0 bridgehead atoms. The van der Waals surface area contributed by atoms with Gasteiger partial charge in [0.1, 0.15) is 0 Å². The second-order valence-corrected chi connectivity index (χ2v) is 12.1. The molecule has 0 spiro atoms. The molecule has 27 heavy (non-hydrogen) atoms. The van der Waals surface area contributed by atoms with Crippen molar-refractivity contribution < 1.29 is 0 Å².